The first-order valence-electron chi connectivity index (χ1n) is 7.56. The number of urea groups is 1. The van der Waals surface area contributed by atoms with E-state index in [1.54, 1.807) is 0 Å². The molecule has 0 bridgehead atoms. The van der Waals surface area contributed by atoms with Crippen LogP contribution in [0.5, 0.6) is 0 Å². The van der Waals surface area contributed by atoms with Crippen LogP contribution in [0, 0.1) is 6.92 Å². The van der Waals surface area contributed by atoms with E-state index in [-0.39, 0.29) is 6.03 Å². The first kappa shape index (κ1) is 14.6. The minimum absolute atomic E-state index is 0.193. The van der Waals surface area contributed by atoms with Crippen molar-refractivity contribution in [3.63, 3.8) is 0 Å². The van der Waals surface area contributed by atoms with E-state index in [1.165, 1.54) is 11.1 Å². The van der Waals surface area contributed by atoms with Crippen molar-refractivity contribution in [2.75, 3.05) is 24.2 Å². The zero-order chi connectivity index (χ0) is 15.5. The van der Waals surface area contributed by atoms with Gasteiger partial charge in [0.1, 0.15) is 0 Å². The number of amides is 2. The van der Waals surface area contributed by atoms with Gasteiger partial charge in [-0.2, -0.15) is 0 Å². The minimum atomic E-state index is -0.193. The molecule has 2 amide bonds. The van der Waals surface area contributed by atoms with Gasteiger partial charge in [0.2, 0.25) is 0 Å². The second-order valence-electron chi connectivity index (χ2n) is 5.83. The predicted molar refractivity (Wildman–Crippen MR) is 90.3 cm³/mol. The number of carbonyl (C=O) groups excluding carboxylic acids is 1. The molecule has 0 spiro atoms. The molecule has 0 fully saturated rings. The van der Waals surface area contributed by atoms with Gasteiger partial charge in [0.05, 0.1) is 0 Å². The van der Waals surface area contributed by atoms with Crippen molar-refractivity contribution in [3.05, 3.63) is 59.2 Å². The van der Waals surface area contributed by atoms with Crippen LogP contribution in [0.25, 0.3) is 0 Å². The summed E-state index contributed by atoms with van der Waals surface area (Å²) in [7, 11) is 2.12. The van der Waals surface area contributed by atoms with Gasteiger partial charge in [0.25, 0.3) is 0 Å². The molecule has 0 saturated heterocycles. The van der Waals surface area contributed by atoms with Crippen LogP contribution < -0.4 is 10.6 Å². The highest BCUT2D eigenvalue weighted by Gasteiger charge is 2.17. The minimum Gasteiger partial charge on any atom is -0.307 e. The lowest BCUT2D eigenvalue weighted by molar-refractivity contribution is 0.262. The van der Waals surface area contributed by atoms with E-state index in [4.69, 9.17) is 0 Å². The van der Waals surface area contributed by atoms with Gasteiger partial charge in [0.15, 0.2) is 0 Å². The van der Waals surface area contributed by atoms with E-state index in [0.29, 0.717) is 0 Å². The Kier molecular flexibility index (Phi) is 4.11. The SMILES string of the molecule is Cc1ccccc1NC(=O)Nc1cccc2c1CCN(C)C2. The van der Waals surface area contributed by atoms with Crippen molar-refractivity contribution in [2.45, 2.75) is 19.9 Å². The number of likely N-dealkylation sites (N-methyl/N-ethyl adjacent to an activating group) is 1. The molecule has 0 saturated carbocycles. The highest BCUT2D eigenvalue weighted by atomic mass is 16.2. The Bertz CT molecular complexity index is 696. The van der Waals surface area contributed by atoms with E-state index < -0.39 is 0 Å². The fraction of sp³-hybridized carbons (Fsp3) is 0.278. The van der Waals surface area contributed by atoms with Crippen molar-refractivity contribution in [1.29, 1.82) is 0 Å². The summed E-state index contributed by atoms with van der Waals surface area (Å²) in [6, 6.07) is 13.7. The van der Waals surface area contributed by atoms with Gasteiger partial charge in [-0.15, -0.1) is 0 Å². The van der Waals surface area contributed by atoms with Crippen LogP contribution in [-0.4, -0.2) is 24.5 Å². The number of para-hydroxylation sites is 1. The zero-order valence-corrected chi connectivity index (χ0v) is 13.0. The number of nitrogens with one attached hydrogen (secondary N) is 2. The first-order valence-corrected chi connectivity index (χ1v) is 7.56. The number of hydrogen-bond acceptors (Lipinski definition) is 2. The normalized spacial score (nSPS) is 14.3. The molecular weight excluding hydrogens is 274 g/mol. The van der Waals surface area contributed by atoms with Gasteiger partial charge < -0.3 is 15.5 Å². The third-order valence-corrected chi connectivity index (χ3v) is 4.10. The number of carbonyl (C=O) groups is 1. The summed E-state index contributed by atoms with van der Waals surface area (Å²) in [6.07, 6.45) is 0.965. The highest BCUT2D eigenvalue weighted by Crippen LogP contribution is 2.25. The second-order valence-corrected chi connectivity index (χ2v) is 5.83. The van der Waals surface area contributed by atoms with Crippen LogP contribution >= 0.6 is 0 Å². The molecule has 4 nitrogen and oxygen atoms in total. The first-order chi connectivity index (χ1) is 10.6. The van der Waals surface area contributed by atoms with Crippen LogP contribution in [0.1, 0.15) is 16.7 Å². The Labute approximate surface area is 131 Å². The van der Waals surface area contributed by atoms with Crippen molar-refractivity contribution in [2.24, 2.45) is 0 Å². The van der Waals surface area contributed by atoms with E-state index in [2.05, 4.69) is 28.6 Å². The Morgan fingerprint density at radius 2 is 1.77 bits per heavy atom. The molecule has 114 valence electrons. The molecule has 1 aliphatic rings. The average Bonchev–Trinajstić information content (AvgIpc) is 2.49. The third-order valence-electron chi connectivity index (χ3n) is 4.10. The second kappa shape index (κ2) is 6.20. The summed E-state index contributed by atoms with van der Waals surface area (Å²) in [4.78, 5) is 14.5. The summed E-state index contributed by atoms with van der Waals surface area (Å²) >= 11 is 0. The molecule has 0 unspecified atom stereocenters. The van der Waals surface area contributed by atoms with E-state index in [1.807, 2.05) is 43.3 Å². The molecule has 2 aromatic carbocycles. The summed E-state index contributed by atoms with van der Waals surface area (Å²) in [5.74, 6) is 0. The van der Waals surface area contributed by atoms with E-state index in [9.17, 15) is 4.79 Å². The fourth-order valence-electron chi connectivity index (χ4n) is 2.86. The number of aryl methyl sites for hydroxylation is 1. The summed E-state index contributed by atoms with van der Waals surface area (Å²) < 4.78 is 0. The largest absolute Gasteiger partial charge is 0.323 e. The number of benzene rings is 2. The Hall–Kier alpha value is -2.33. The molecule has 2 aromatic rings. The van der Waals surface area contributed by atoms with Crippen LogP contribution in [0.15, 0.2) is 42.5 Å². The molecule has 0 radical (unpaired) electrons. The summed E-state index contributed by atoms with van der Waals surface area (Å²) in [5.41, 5.74) is 5.35. The zero-order valence-electron chi connectivity index (χ0n) is 13.0. The summed E-state index contributed by atoms with van der Waals surface area (Å²) in [5, 5.41) is 5.91. The number of fused-ring (bicyclic) bond motifs is 1. The van der Waals surface area contributed by atoms with E-state index in [0.717, 1.165) is 36.4 Å². The maximum atomic E-state index is 12.3. The molecule has 0 atom stereocenters. The van der Waals surface area contributed by atoms with Crippen LogP contribution in [0.3, 0.4) is 0 Å². The van der Waals surface area contributed by atoms with Crippen molar-refractivity contribution in [3.8, 4) is 0 Å². The molecular formula is C18H21N3O. The predicted octanol–water partition coefficient (Wildman–Crippen LogP) is 3.63. The molecule has 4 heteroatoms. The molecule has 0 aromatic heterocycles. The van der Waals surface area contributed by atoms with Gasteiger partial charge >= 0.3 is 6.03 Å². The Balaban J connectivity index is 1.75. The van der Waals surface area contributed by atoms with Gasteiger partial charge in [-0.1, -0.05) is 30.3 Å². The number of rotatable bonds is 2. The maximum absolute atomic E-state index is 12.3. The number of hydrogen-bond donors (Lipinski definition) is 2. The van der Waals surface area contributed by atoms with Gasteiger partial charge in [-0.05, 0) is 49.2 Å². The van der Waals surface area contributed by atoms with Crippen LogP contribution in [0.2, 0.25) is 0 Å². The number of nitrogens with zero attached hydrogens (tertiary/aromatic N) is 1. The Morgan fingerprint density at radius 3 is 2.59 bits per heavy atom. The van der Waals surface area contributed by atoms with Crippen LogP contribution in [-0.2, 0) is 13.0 Å². The average molecular weight is 295 g/mol. The monoisotopic (exact) mass is 295 g/mol. The lowest BCUT2D eigenvalue weighted by Crippen LogP contribution is -2.28. The number of anilines is 2. The molecule has 22 heavy (non-hydrogen) atoms. The van der Waals surface area contributed by atoms with Crippen LogP contribution in [0.4, 0.5) is 16.2 Å². The van der Waals surface area contributed by atoms with Crippen molar-refractivity contribution < 1.29 is 4.79 Å². The molecule has 0 aliphatic carbocycles. The van der Waals surface area contributed by atoms with E-state index >= 15 is 0 Å². The van der Waals surface area contributed by atoms with Crippen molar-refractivity contribution in [1.82, 2.24) is 4.90 Å². The molecule has 2 N–H and O–H groups in total. The molecule has 3 rings (SSSR count). The highest BCUT2D eigenvalue weighted by molar-refractivity contribution is 6.00. The van der Waals surface area contributed by atoms with Crippen molar-refractivity contribution >= 4 is 17.4 Å². The lowest BCUT2D eigenvalue weighted by Gasteiger charge is -2.26. The van der Waals surface area contributed by atoms with Gasteiger partial charge in [0, 0.05) is 24.5 Å². The maximum Gasteiger partial charge on any atom is 0.323 e. The third kappa shape index (κ3) is 3.12. The Morgan fingerprint density at radius 1 is 1.05 bits per heavy atom. The molecule has 1 aliphatic heterocycles. The fourth-order valence-corrected chi connectivity index (χ4v) is 2.86. The topological polar surface area (TPSA) is 44.4 Å². The van der Waals surface area contributed by atoms with Gasteiger partial charge in [-0.3, -0.25) is 0 Å². The summed E-state index contributed by atoms with van der Waals surface area (Å²) in [6.45, 7) is 3.94. The quantitative estimate of drug-likeness (QED) is 0.888. The smallest absolute Gasteiger partial charge is 0.307 e. The molecule has 1 heterocycles. The standard InChI is InChI=1S/C18H21N3O/c1-13-6-3-4-8-16(13)19-18(22)20-17-9-5-7-14-12-21(2)11-10-15(14)17/h3-9H,10-12H2,1-2H3,(H2,19,20,22). The lowest BCUT2D eigenvalue weighted by atomic mass is 9.98. The van der Waals surface area contributed by atoms with Gasteiger partial charge in [-0.25, -0.2) is 4.79 Å².